The second-order valence-corrected chi connectivity index (χ2v) is 7.64. The van der Waals surface area contributed by atoms with Crippen LogP contribution in [0.25, 0.3) is 11.1 Å². The number of aliphatic hydroxyl groups excluding tert-OH is 1. The largest absolute Gasteiger partial charge is 0.497 e. The zero-order valence-electron chi connectivity index (χ0n) is 16.8. The topological polar surface area (TPSA) is 71.5 Å². The zero-order chi connectivity index (χ0) is 23.3. The number of nitrogens with one attached hydrogen (secondary N) is 1. The van der Waals surface area contributed by atoms with Crippen molar-refractivity contribution in [2.45, 2.75) is 11.3 Å². The van der Waals surface area contributed by atoms with Gasteiger partial charge >= 0.3 is 0 Å². The Morgan fingerprint density at radius 3 is 2.47 bits per heavy atom. The predicted octanol–water partition coefficient (Wildman–Crippen LogP) is 5.04. The lowest BCUT2D eigenvalue weighted by atomic mass is 9.99. The molecule has 0 radical (unpaired) electrons. The van der Waals surface area contributed by atoms with E-state index in [1.54, 1.807) is 6.07 Å². The van der Waals surface area contributed by atoms with Crippen LogP contribution in [0.4, 0.5) is 23.2 Å². The van der Waals surface area contributed by atoms with Crippen LogP contribution in [0.3, 0.4) is 0 Å². The number of thioether (sulfide) groups is 1. The molecule has 0 fully saturated rings. The Hall–Kier alpha value is -3.11. The Morgan fingerprint density at radius 1 is 1.09 bits per heavy atom. The van der Waals surface area contributed by atoms with Gasteiger partial charge in [-0.2, -0.15) is 0 Å². The molecule has 0 saturated heterocycles. The molecule has 168 valence electrons. The summed E-state index contributed by atoms with van der Waals surface area (Å²) < 4.78 is 63.2. The van der Waals surface area contributed by atoms with E-state index >= 15 is 4.39 Å². The fourth-order valence-corrected chi connectivity index (χ4v) is 3.81. The third kappa shape index (κ3) is 5.03. The number of methoxy groups -OCH3 is 1. The van der Waals surface area contributed by atoms with Crippen LogP contribution >= 0.6 is 11.8 Å². The summed E-state index contributed by atoms with van der Waals surface area (Å²) in [6, 6.07) is 4.85. The number of aromatic nitrogens is 1. The Kier molecular flexibility index (Phi) is 7.70. The third-order valence-electron chi connectivity index (χ3n) is 4.43. The maximum absolute atomic E-state index is 15.1. The molecule has 0 aliphatic heterocycles. The lowest BCUT2D eigenvalue weighted by Crippen LogP contribution is -2.16. The van der Waals surface area contributed by atoms with Crippen molar-refractivity contribution >= 4 is 23.4 Å². The molecule has 1 heterocycles. The molecule has 0 atom stereocenters. The lowest BCUT2D eigenvalue weighted by Gasteiger charge is -2.14. The Labute approximate surface area is 185 Å². The molecule has 5 nitrogen and oxygen atoms in total. The van der Waals surface area contributed by atoms with Gasteiger partial charge in [-0.15, -0.1) is 11.8 Å². The van der Waals surface area contributed by atoms with Crippen LogP contribution in [0.15, 0.2) is 47.6 Å². The number of hydrogen-bond acceptors (Lipinski definition) is 5. The van der Waals surface area contributed by atoms with Gasteiger partial charge in [0.15, 0.2) is 0 Å². The maximum atomic E-state index is 15.1. The van der Waals surface area contributed by atoms with Crippen LogP contribution in [0.5, 0.6) is 5.75 Å². The van der Waals surface area contributed by atoms with Crippen molar-refractivity contribution in [3.05, 3.63) is 71.6 Å². The number of carbonyl (C=O) groups excluding carboxylic acids is 1. The van der Waals surface area contributed by atoms with Crippen LogP contribution in [0.2, 0.25) is 0 Å². The van der Waals surface area contributed by atoms with E-state index in [-0.39, 0.29) is 18.0 Å². The van der Waals surface area contributed by atoms with Gasteiger partial charge in [0.1, 0.15) is 29.0 Å². The van der Waals surface area contributed by atoms with E-state index in [0.29, 0.717) is 17.1 Å². The molecular formula is C22H18F4N2O3S. The minimum atomic E-state index is -1.41. The molecule has 0 aliphatic carbocycles. The highest BCUT2D eigenvalue weighted by Crippen LogP contribution is 2.35. The van der Waals surface area contributed by atoms with E-state index < -0.39 is 45.9 Å². The molecule has 0 spiro atoms. The minimum Gasteiger partial charge on any atom is -0.497 e. The van der Waals surface area contributed by atoms with Crippen molar-refractivity contribution in [2.75, 3.05) is 24.8 Å². The van der Waals surface area contributed by atoms with Crippen LogP contribution in [-0.4, -0.2) is 35.5 Å². The van der Waals surface area contributed by atoms with Crippen molar-refractivity contribution in [1.82, 2.24) is 4.98 Å². The first-order valence-electron chi connectivity index (χ1n) is 9.37. The van der Waals surface area contributed by atoms with Crippen molar-refractivity contribution in [3.63, 3.8) is 0 Å². The first-order chi connectivity index (χ1) is 15.4. The van der Waals surface area contributed by atoms with Crippen molar-refractivity contribution in [3.8, 4) is 16.9 Å². The Morgan fingerprint density at radius 2 is 1.81 bits per heavy atom. The summed E-state index contributed by atoms with van der Waals surface area (Å²) in [4.78, 5) is 17.3. The molecule has 0 bridgehead atoms. The highest BCUT2D eigenvalue weighted by Gasteiger charge is 2.25. The number of ether oxygens (including phenoxy) is 1. The number of halogens is 4. The number of benzene rings is 2. The van der Waals surface area contributed by atoms with Gasteiger partial charge in [0.25, 0.3) is 5.91 Å². The Bertz CT molecular complexity index is 1120. The fraction of sp³-hybridized carbons (Fsp3) is 0.182. The van der Waals surface area contributed by atoms with Gasteiger partial charge in [0, 0.05) is 35.6 Å². The van der Waals surface area contributed by atoms with Gasteiger partial charge in [0.2, 0.25) is 0 Å². The van der Waals surface area contributed by atoms with Crippen LogP contribution in [0, 0.1) is 23.3 Å². The second kappa shape index (κ2) is 10.5. The summed E-state index contributed by atoms with van der Waals surface area (Å²) in [5.41, 5.74) is -2.28. The van der Waals surface area contributed by atoms with Crippen LogP contribution < -0.4 is 10.1 Å². The molecular weight excluding hydrogens is 448 g/mol. The molecule has 0 saturated carbocycles. The summed E-state index contributed by atoms with van der Waals surface area (Å²) >= 11 is 1.34. The first kappa shape index (κ1) is 23.6. The number of rotatable bonds is 8. The molecule has 3 aromatic rings. The van der Waals surface area contributed by atoms with E-state index in [9.17, 15) is 18.0 Å². The van der Waals surface area contributed by atoms with E-state index in [1.807, 2.05) is 0 Å². The molecule has 1 amide bonds. The smallest absolute Gasteiger partial charge is 0.258 e. The Balaban J connectivity index is 1.98. The quantitative estimate of drug-likeness (QED) is 0.277. The summed E-state index contributed by atoms with van der Waals surface area (Å²) in [5, 5.41) is 11.4. The third-order valence-corrected chi connectivity index (χ3v) is 5.59. The number of carbonyl (C=O) groups is 1. The normalized spacial score (nSPS) is 10.8. The van der Waals surface area contributed by atoms with Crippen molar-refractivity contribution in [2.24, 2.45) is 0 Å². The maximum Gasteiger partial charge on any atom is 0.258 e. The molecule has 2 aromatic carbocycles. The highest BCUT2D eigenvalue weighted by atomic mass is 32.2. The van der Waals surface area contributed by atoms with Gasteiger partial charge in [-0.1, -0.05) is 0 Å². The average molecular weight is 466 g/mol. The number of aliphatic hydroxyl groups is 1. The molecule has 0 aliphatic rings. The average Bonchev–Trinajstić information content (AvgIpc) is 2.76. The molecule has 32 heavy (non-hydrogen) atoms. The van der Waals surface area contributed by atoms with E-state index in [4.69, 9.17) is 9.84 Å². The number of anilines is 1. The molecule has 3 rings (SSSR count). The van der Waals surface area contributed by atoms with Crippen molar-refractivity contribution < 1.29 is 32.2 Å². The minimum absolute atomic E-state index is 0.00181. The summed E-state index contributed by atoms with van der Waals surface area (Å²) in [6.07, 6.45) is 3.38. The van der Waals surface area contributed by atoms with Gasteiger partial charge in [0.05, 0.1) is 35.7 Å². The van der Waals surface area contributed by atoms with Gasteiger partial charge in [-0.05, 0) is 24.6 Å². The number of amides is 1. The van der Waals surface area contributed by atoms with E-state index in [2.05, 4.69) is 10.3 Å². The number of hydrogen-bond donors (Lipinski definition) is 2. The van der Waals surface area contributed by atoms with Crippen molar-refractivity contribution in [1.29, 1.82) is 0 Å². The highest BCUT2D eigenvalue weighted by molar-refractivity contribution is 7.99. The molecule has 0 unspecified atom stereocenters. The van der Waals surface area contributed by atoms with Crippen LogP contribution in [-0.2, 0) is 0 Å². The standard InChI is InChI=1S/C22H18F4N2O3S/c1-31-12-9-15(24)19(16(25)10-12)20-14(23)4-3-13(21(20)26)22(30)28-17-11-27-6-5-18(17)32-8-2-7-29/h3-6,9-11,29H,2,7-8H2,1H3,(H,28,30). The van der Waals surface area contributed by atoms with E-state index in [0.717, 1.165) is 24.3 Å². The van der Waals surface area contributed by atoms with Gasteiger partial charge in [-0.3, -0.25) is 9.78 Å². The lowest BCUT2D eigenvalue weighted by molar-refractivity contribution is 0.102. The SMILES string of the molecule is COc1cc(F)c(-c2c(F)ccc(C(=O)Nc3cnccc3SCCCO)c2F)c(F)c1. The summed E-state index contributed by atoms with van der Waals surface area (Å²) in [5.74, 6) is -5.68. The monoisotopic (exact) mass is 466 g/mol. The summed E-state index contributed by atoms with van der Waals surface area (Å²) in [6.45, 7) is 0.00181. The fourth-order valence-electron chi connectivity index (χ4n) is 2.90. The van der Waals surface area contributed by atoms with Gasteiger partial charge < -0.3 is 15.2 Å². The molecule has 1 aromatic heterocycles. The molecule has 10 heteroatoms. The van der Waals surface area contributed by atoms with Gasteiger partial charge in [-0.25, -0.2) is 17.6 Å². The summed E-state index contributed by atoms with van der Waals surface area (Å²) in [7, 11) is 1.19. The molecule has 2 N–H and O–H groups in total. The number of pyridine rings is 1. The second-order valence-electron chi connectivity index (χ2n) is 6.50. The number of nitrogens with zero attached hydrogens (tertiary/aromatic N) is 1. The predicted molar refractivity (Wildman–Crippen MR) is 113 cm³/mol. The van der Waals surface area contributed by atoms with Crippen LogP contribution in [0.1, 0.15) is 16.8 Å². The first-order valence-corrected chi connectivity index (χ1v) is 10.4. The van der Waals surface area contributed by atoms with E-state index in [1.165, 1.54) is 31.3 Å². The zero-order valence-corrected chi connectivity index (χ0v) is 17.6.